The van der Waals surface area contributed by atoms with Gasteiger partial charge in [0.2, 0.25) is 0 Å². The molecule has 1 fully saturated rings. The van der Waals surface area contributed by atoms with Crippen LogP contribution < -0.4 is 4.74 Å². The number of aliphatic hydroxyl groups excluding tert-OH is 1. The molecule has 1 amide bonds. The van der Waals surface area contributed by atoms with Gasteiger partial charge in [-0.1, -0.05) is 6.07 Å². The summed E-state index contributed by atoms with van der Waals surface area (Å²) in [5.74, 6) is 0.635. The molecule has 3 aromatic rings. The number of carbonyl (C=O) groups is 1. The number of fused-ring (bicyclic) bond motifs is 1. The highest BCUT2D eigenvalue weighted by Crippen LogP contribution is 2.22. The molecule has 0 radical (unpaired) electrons. The molecule has 1 aromatic heterocycles. The largest absolute Gasteiger partial charge is 0.497 e. The van der Waals surface area contributed by atoms with E-state index < -0.39 is 6.10 Å². The van der Waals surface area contributed by atoms with Gasteiger partial charge in [0.1, 0.15) is 16.8 Å². The number of β-amino-alcohol motifs (C(OH)–C–C–N with tert-alkyl or cyclic N) is 1. The third-order valence-electron chi connectivity index (χ3n) is 5.20. The summed E-state index contributed by atoms with van der Waals surface area (Å²) in [5.41, 5.74) is 3.49. The quantitative estimate of drug-likeness (QED) is 0.708. The number of benzene rings is 2. The van der Waals surface area contributed by atoms with Gasteiger partial charge in [0.05, 0.1) is 31.0 Å². The molecule has 0 aliphatic carbocycles. The summed E-state index contributed by atoms with van der Waals surface area (Å²) < 4.78 is 13.6. The van der Waals surface area contributed by atoms with E-state index in [1.807, 2.05) is 25.2 Å². The van der Waals surface area contributed by atoms with Gasteiger partial charge in [0.25, 0.3) is 5.91 Å². The van der Waals surface area contributed by atoms with Crippen LogP contribution in [0.5, 0.6) is 5.75 Å². The van der Waals surface area contributed by atoms with Crippen molar-refractivity contribution in [1.82, 2.24) is 18.5 Å². The zero-order chi connectivity index (χ0) is 19.7. The van der Waals surface area contributed by atoms with Crippen LogP contribution in [-0.4, -0.2) is 69.0 Å². The molecule has 1 N–H and O–H groups in total. The number of ether oxygens (including phenoxy) is 1. The van der Waals surface area contributed by atoms with Crippen LogP contribution in [0.4, 0.5) is 0 Å². The van der Waals surface area contributed by atoms with E-state index in [9.17, 15) is 9.90 Å². The first kappa shape index (κ1) is 18.8. The maximum atomic E-state index is 12.8. The van der Waals surface area contributed by atoms with Crippen molar-refractivity contribution in [1.29, 1.82) is 0 Å². The summed E-state index contributed by atoms with van der Waals surface area (Å²) in [7, 11) is 3.57. The van der Waals surface area contributed by atoms with Gasteiger partial charge in [0.15, 0.2) is 0 Å². The Morgan fingerprint density at radius 1 is 1.21 bits per heavy atom. The topological polar surface area (TPSA) is 78.8 Å². The van der Waals surface area contributed by atoms with Crippen molar-refractivity contribution < 1.29 is 14.6 Å². The van der Waals surface area contributed by atoms with Crippen molar-refractivity contribution in [3.63, 3.8) is 0 Å². The molecule has 0 unspecified atom stereocenters. The molecule has 7 nitrogen and oxygen atoms in total. The Morgan fingerprint density at radius 3 is 2.71 bits per heavy atom. The predicted octanol–water partition coefficient (Wildman–Crippen LogP) is 2.02. The molecular weight excluding hydrogens is 376 g/mol. The lowest BCUT2D eigenvalue weighted by molar-refractivity contribution is 0.0763. The fraction of sp³-hybridized carbons (Fsp3) is 0.350. The minimum atomic E-state index is -0.586. The van der Waals surface area contributed by atoms with Crippen molar-refractivity contribution in [3.8, 4) is 5.75 Å². The number of hydrogen-bond acceptors (Lipinski definition) is 7. The number of aromatic nitrogens is 2. The highest BCUT2D eigenvalue weighted by atomic mass is 32.1. The molecule has 4 rings (SSSR count). The van der Waals surface area contributed by atoms with Gasteiger partial charge in [-0.3, -0.25) is 9.69 Å². The van der Waals surface area contributed by atoms with E-state index in [1.54, 1.807) is 36.3 Å². The average molecular weight is 398 g/mol. The molecule has 0 spiro atoms. The molecule has 1 aliphatic heterocycles. The van der Waals surface area contributed by atoms with E-state index in [4.69, 9.17) is 4.74 Å². The van der Waals surface area contributed by atoms with Gasteiger partial charge in [-0.05, 0) is 49.0 Å². The molecule has 1 aliphatic rings. The molecule has 8 heteroatoms. The molecule has 0 bridgehead atoms. The van der Waals surface area contributed by atoms with Gasteiger partial charge >= 0.3 is 0 Å². The Bertz CT molecular complexity index is 975. The summed E-state index contributed by atoms with van der Waals surface area (Å²) in [6, 6.07) is 12.9. The van der Waals surface area contributed by atoms with Crippen LogP contribution in [-0.2, 0) is 6.54 Å². The van der Waals surface area contributed by atoms with Crippen LogP contribution in [0.15, 0.2) is 42.5 Å². The van der Waals surface area contributed by atoms with E-state index >= 15 is 0 Å². The first-order valence-electron chi connectivity index (χ1n) is 9.08. The van der Waals surface area contributed by atoms with Gasteiger partial charge in [-0.15, -0.1) is 0 Å². The molecule has 2 atom stereocenters. The lowest BCUT2D eigenvalue weighted by Crippen LogP contribution is -2.40. The number of aliphatic hydroxyl groups is 1. The SMILES string of the molecule is COc1ccc(C(=O)N2C[C@H](O)[C@@H](N(C)Cc3ccc4nsnc4c3)C2)cc1. The average Bonchev–Trinajstić information content (AvgIpc) is 3.33. The van der Waals surface area contributed by atoms with Crippen LogP contribution in [0.1, 0.15) is 15.9 Å². The minimum absolute atomic E-state index is 0.0763. The predicted molar refractivity (Wildman–Crippen MR) is 108 cm³/mol. The van der Waals surface area contributed by atoms with E-state index in [2.05, 4.69) is 13.6 Å². The van der Waals surface area contributed by atoms with Crippen molar-refractivity contribution in [3.05, 3.63) is 53.6 Å². The second-order valence-corrected chi connectivity index (χ2v) is 7.60. The van der Waals surface area contributed by atoms with Crippen LogP contribution >= 0.6 is 11.7 Å². The molecule has 28 heavy (non-hydrogen) atoms. The van der Waals surface area contributed by atoms with Crippen molar-refractivity contribution in [2.75, 3.05) is 27.2 Å². The van der Waals surface area contributed by atoms with Crippen molar-refractivity contribution in [2.24, 2.45) is 0 Å². The lowest BCUT2D eigenvalue weighted by atomic mass is 10.1. The Balaban J connectivity index is 1.42. The second-order valence-electron chi connectivity index (χ2n) is 7.08. The fourth-order valence-corrected chi connectivity index (χ4v) is 4.13. The summed E-state index contributed by atoms with van der Waals surface area (Å²) in [4.78, 5) is 16.6. The number of nitrogens with zero attached hydrogens (tertiary/aromatic N) is 4. The molecule has 1 saturated heterocycles. The van der Waals surface area contributed by atoms with Gasteiger partial charge in [0, 0.05) is 25.2 Å². The van der Waals surface area contributed by atoms with E-state index in [-0.39, 0.29) is 11.9 Å². The zero-order valence-electron chi connectivity index (χ0n) is 15.8. The summed E-state index contributed by atoms with van der Waals surface area (Å²) in [6.07, 6.45) is -0.586. The maximum Gasteiger partial charge on any atom is 0.254 e. The van der Waals surface area contributed by atoms with Crippen LogP contribution in [0, 0.1) is 0 Å². The number of methoxy groups -OCH3 is 1. The van der Waals surface area contributed by atoms with Crippen LogP contribution in [0.25, 0.3) is 11.0 Å². The molecule has 2 aromatic carbocycles. The number of amides is 1. The summed E-state index contributed by atoms with van der Waals surface area (Å²) in [5, 5.41) is 10.5. The highest BCUT2D eigenvalue weighted by Gasteiger charge is 2.36. The molecular formula is C20H22N4O3S. The van der Waals surface area contributed by atoms with Crippen LogP contribution in [0.2, 0.25) is 0 Å². The van der Waals surface area contributed by atoms with E-state index in [0.29, 0.717) is 30.9 Å². The number of hydrogen-bond donors (Lipinski definition) is 1. The Kier molecular flexibility index (Phi) is 5.25. The highest BCUT2D eigenvalue weighted by molar-refractivity contribution is 7.00. The smallest absolute Gasteiger partial charge is 0.254 e. The lowest BCUT2D eigenvalue weighted by Gasteiger charge is -2.26. The van der Waals surface area contributed by atoms with E-state index in [1.165, 1.54) is 11.7 Å². The summed E-state index contributed by atoms with van der Waals surface area (Å²) >= 11 is 1.20. The number of rotatable bonds is 5. The standard InChI is InChI=1S/C20H22N4O3S/c1-23(10-13-3-8-16-17(9-13)22-28-21-16)18-11-24(12-19(18)25)20(26)14-4-6-15(27-2)7-5-14/h3-9,18-19,25H,10-12H2,1-2H3/t18-,19-/m0/s1. The van der Waals surface area contributed by atoms with Gasteiger partial charge in [-0.25, -0.2) is 0 Å². The van der Waals surface area contributed by atoms with Crippen LogP contribution in [0.3, 0.4) is 0 Å². The Morgan fingerprint density at radius 2 is 1.96 bits per heavy atom. The third-order valence-corrected chi connectivity index (χ3v) is 5.76. The van der Waals surface area contributed by atoms with Crippen molar-refractivity contribution >= 4 is 28.7 Å². The Hall–Kier alpha value is -2.55. The maximum absolute atomic E-state index is 12.8. The van der Waals surface area contributed by atoms with Gasteiger partial charge in [-0.2, -0.15) is 8.75 Å². The molecule has 146 valence electrons. The zero-order valence-corrected chi connectivity index (χ0v) is 16.6. The molecule has 0 saturated carbocycles. The number of likely N-dealkylation sites (tertiary alicyclic amines) is 1. The molecule has 2 heterocycles. The number of likely N-dealkylation sites (N-methyl/N-ethyl adjacent to an activating group) is 1. The van der Waals surface area contributed by atoms with E-state index in [0.717, 1.165) is 16.6 Å². The van der Waals surface area contributed by atoms with Gasteiger partial charge < -0.3 is 14.7 Å². The fourth-order valence-electron chi connectivity index (χ4n) is 3.62. The first-order chi connectivity index (χ1) is 13.5. The minimum Gasteiger partial charge on any atom is -0.497 e. The third kappa shape index (κ3) is 3.71. The monoisotopic (exact) mass is 398 g/mol. The van der Waals surface area contributed by atoms with Crippen molar-refractivity contribution in [2.45, 2.75) is 18.7 Å². The number of carbonyl (C=O) groups excluding carboxylic acids is 1. The normalized spacial score (nSPS) is 19.5. The Labute approximate surface area is 167 Å². The second kappa shape index (κ2) is 7.83. The summed E-state index contributed by atoms with van der Waals surface area (Å²) in [6.45, 7) is 1.48. The first-order valence-corrected chi connectivity index (χ1v) is 9.81.